The summed E-state index contributed by atoms with van der Waals surface area (Å²) in [6.45, 7) is 10.5. The van der Waals surface area contributed by atoms with Crippen LogP contribution in [0.25, 0.3) is 0 Å². The fourth-order valence-electron chi connectivity index (χ4n) is 3.16. The van der Waals surface area contributed by atoms with Gasteiger partial charge in [-0.3, -0.25) is 4.90 Å². The Morgan fingerprint density at radius 2 is 2.06 bits per heavy atom. The SMILES string of the molecule is CCNC(CC)C(C)N1CCCC1CN(C)C. The van der Waals surface area contributed by atoms with Gasteiger partial charge in [0.25, 0.3) is 0 Å². The molecule has 17 heavy (non-hydrogen) atoms. The Kier molecular flexibility index (Phi) is 6.45. The van der Waals surface area contributed by atoms with Crippen LogP contribution < -0.4 is 5.32 Å². The van der Waals surface area contributed by atoms with Gasteiger partial charge < -0.3 is 10.2 Å². The van der Waals surface area contributed by atoms with Gasteiger partial charge in [-0.25, -0.2) is 0 Å². The average molecular weight is 241 g/mol. The monoisotopic (exact) mass is 241 g/mol. The van der Waals surface area contributed by atoms with Gasteiger partial charge in [0, 0.05) is 24.7 Å². The molecule has 1 saturated heterocycles. The molecule has 1 heterocycles. The molecule has 3 unspecified atom stereocenters. The third-order valence-corrected chi connectivity index (χ3v) is 4.01. The molecule has 0 radical (unpaired) electrons. The molecule has 0 aromatic carbocycles. The van der Waals surface area contributed by atoms with E-state index in [4.69, 9.17) is 0 Å². The average Bonchev–Trinajstić information content (AvgIpc) is 2.72. The largest absolute Gasteiger partial charge is 0.313 e. The predicted octanol–water partition coefficient (Wildman–Crippen LogP) is 1.79. The molecule has 1 rings (SSSR count). The second-order valence-corrected chi connectivity index (χ2v) is 5.61. The molecule has 3 nitrogen and oxygen atoms in total. The van der Waals surface area contributed by atoms with E-state index in [0.29, 0.717) is 12.1 Å². The smallest absolute Gasteiger partial charge is 0.0226 e. The van der Waals surface area contributed by atoms with Crippen molar-refractivity contribution >= 4 is 0 Å². The number of nitrogens with zero attached hydrogens (tertiary/aromatic N) is 2. The molecule has 0 aromatic heterocycles. The maximum absolute atomic E-state index is 3.63. The molecular formula is C14H31N3. The molecule has 1 aliphatic heterocycles. The van der Waals surface area contributed by atoms with Gasteiger partial charge in [-0.2, -0.15) is 0 Å². The molecule has 0 saturated carbocycles. The van der Waals surface area contributed by atoms with Crippen LogP contribution in [0.1, 0.15) is 40.0 Å². The van der Waals surface area contributed by atoms with Crippen LogP contribution in [0.2, 0.25) is 0 Å². The number of likely N-dealkylation sites (N-methyl/N-ethyl adjacent to an activating group) is 2. The summed E-state index contributed by atoms with van der Waals surface area (Å²) in [7, 11) is 4.37. The fraction of sp³-hybridized carbons (Fsp3) is 1.00. The zero-order valence-corrected chi connectivity index (χ0v) is 12.4. The molecule has 102 valence electrons. The maximum Gasteiger partial charge on any atom is 0.0226 e. The lowest BCUT2D eigenvalue weighted by molar-refractivity contribution is 0.132. The van der Waals surface area contributed by atoms with Gasteiger partial charge in [-0.1, -0.05) is 13.8 Å². The summed E-state index contributed by atoms with van der Waals surface area (Å²) in [4.78, 5) is 5.04. The Morgan fingerprint density at radius 1 is 1.35 bits per heavy atom. The quantitative estimate of drug-likeness (QED) is 0.733. The van der Waals surface area contributed by atoms with Crippen molar-refractivity contribution in [2.45, 2.75) is 58.2 Å². The summed E-state index contributed by atoms with van der Waals surface area (Å²) in [6, 6.07) is 2.06. The van der Waals surface area contributed by atoms with Crippen molar-refractivity contribution in [3.8, 4) is 0 Å². The number of hydrogen-bond acceptors (Lipinski definition) is 3. The van der Waals surface area contributed by atoms with Crippen molar-refractivity contribution in [1.82, 2.24) is 15.1 Å². The van der Waals surface area contributed by atoms with Gasteiger partial charge in [0.05, 0.1) is 0 Å². The Hall–Kier alpha value is -0.120. The number of nitrogens with one attached hydrogen (secondary N) is 1. The maximum atomic E-state index is 3.63. The summed E-state index contributed by atoms with van der Waals surface area (Å²) in [5.41, 5.74) is 0. The Morgan fingerprint density at radius 3 is 2.59 bits per heavy atom. The molecule has 3 heteroatoms. The van der Waals surface area contributed by atoms with Crippen LogP contribution in [0.5, 0.6) is 0 Å². The van der Waals surface area contributed by atoms with Crippen molar-refractivity contribution in [1.29, 1.82) is 0 Å². The predicted molar refractivity (Wildman–Crippen MR) is 75.5 cm³/mol. The van der Waals surface area contributed by atoms with Crippen molar-refractivity contribution in [2.75, 3.05) is 33.7 Å². The van der Waals surface area contributed by atoms with Crippen molar-refractivity contribution < 1.29 is 0 Å². The Labute approximate surface area is 108 Å². The van der Waals surface area contributed by atoms with E-state index in [-0.39, 0.29) is 0 Å². The van der Waals surface area contributed by atoms with Gasteiger partial charge in [-0.05, 0) is 53.4 Å². The Bertz CT molecular complexity index is 206. The minimum absolute atomic E-state index is 0.641. The molecule has 3 atom stereocenters. The van der Waals surface area contributed by atoms with Crippen LogP contribution in [0.4, 0.5) is 0 Å². The standard InChI is InChI=1S/C14H31N3/c1-6-14(15-7-2)12(3)17-10-8-9-13(17)11-16(4)5/h12-15H,6-11H2,1-5H3. The lowest BCUT2D eigenvalue weighted by Crippen LogP contribution is -2.51. The van der Waals surface area contributed by atoms with Gasteiger partial charge in [-0.15, -0.1) is 0 Å². The first-order valence-corrected chi connectivity index (χ1v) is 7.24. The van der Waals surface area contributed by atoms with E-state index in [0.717, 1.165) is 12.6 Å². The van der Waals surface area contributed by atoms with Gasteiger partial charge in [0.15, 0.2) is 0 Å². The lowest BCUT2D eigenvalue weighted by atomic mass is 10.0. The van der Waals surface area contributed by atoms with Crippen LogP contribution in [0.15, 0.2) is 0 Å². The van der Waals surface area contributed by atoms with E-state index in [1.165, 1.54) is 32.4 Å². The van der Waals surface area contributed by atoms with E-state index >= 15 is 0 Å². The number of likely N-dealkylation sites (tertiary alicyclic amines) is 1. The number of hydrogen-bond donors (Lipinski definition) is 1. The van der Waals surface area contributed by atoms with Gasteiger partial charge >= 0.3 is 0 Å². The molecule has 1 aliphatic rings. The molecule has 0 aliphatic carbocycles. The molecule has 0 aromatic rings. The van der Waals surface area contributed by atoms with Crippen LogP contribution in [-0.2, 0) is 0 Å². The van der Waals surface area contributed by atoms with Crippen molar-refractivity contribution in [3.05, 3.63) is 0 Å². The van der Waals surface area contributed by atoms with E-state index in [1.807, 2.05) is 0 Å². The van der Waals surface area contributed by atoms with Gasteiger partial charge in [0.1, 0.15) is 0 Å². The highest BCUT2D eigenvalue weighted by Gasteiger charge is 2.31. The highest BCUT2D eigenvalue weighted by atomic mass is 15.3. The highest BCUT2D eigenvalue weighted by Crippen LogP contribution is 2.22. The summed E-state index contributed by atoms with van der Waals surface area (Å²) >= 11 is 0. The molecule has 0 bridgehead atoms. The van der Waals surface area contributed by atoms with E-state index in [2.05, 4.69) is 50.0 Å². The zero-order valence-electron chi connectivity index (χ0n) is 12.4. The summed E-state index contributed by atoms with van der Waals surface area (Å²) < 4.78 is 0. The van der Waals surface area contributed by atoms with E-state index < -0.39 is 0 Å². The van der Waals surface area contributed by atoms with Crippen LogP contribution in [0.3, 0.4) is 0 Å². The molecule has 1 N–H and O–H groups in total. The summed E-state index contributed by atoms with van der Waals surface area (Å²) in [5.74, 6) is 0. The second-order valence-electron chi connectivity index (χ2n) is 5.61. The normalized spacial score (nSPS) is 25.4. The minimum Gasteiger partial charge on any atom is -0.313 e. The third kappa shape index (κ3) is 4.23. The molecule has 1 fully saturated rings. The van der Waals surface area contributed by atoms with Crippen molar-refractivity contribution in [2.24, 2.45) is 0 Å². The molecule has 0 spiro atoms. The first-order chi connectivity index (χ1) is 8.10. The van der Waals surface area contributed by atoms with Crippen molar-refractivity contribution in [3.63, 3.8) is 0 Å². The van der Waals surface area contributed by atoms with E-state index in [9.17, 15) is 0 Å². The fourth-order valence-corrected chi connectivity index (χ4v) is 3.16. The van der Waals surface area contributed by atoms with Crippen LogP contribution in [0, 0.1) is 0 Å². The van der Waals surface area contributed by atoms with Crippen LogP contribution >= 0.6 is 0 Å². The zero-order chi connectivity index (χ0) is 12.8. The van der Waals surface area contributed by atoms with Crippen LogP contribution in [-0.4, -0.2) is 61.7 Å². The first-order valence-electron chi connectivity index (χ1n) is 7.24. The second kappa shape index (κ2) is 7.34. The Balaban J connectivity index is 2.56. The van der Waals surface area contributed by atoms with E-state index in [1.54, 1.807) is 0 Å². The highest BCUT2D eigenvalue weighted by molar-refractivity contribution is 4.89. The lowest BCUT2D eigenvalue weighted by Gasteiger charge is -2.37. The minimum atomic E-state index is 0.641. The summed E-state index contributed by atoms with van der Waals surface area (Å²) in [5, 5.41) is 3.63. The first kappa shape index (κ1) is 14.9. The molecular weight excluding hydrogens is 210 g/mol. The summed E-state index contributed by atoms with van der Waals surface area (Å²) in [6.07, 6.45) is 3.96. The molecule has 0 amide bonds. The topological polar surface area (TPSA) is 18.5 Å². The third-order valence-electron chi connectivity index (χ3n) is 4.01. The van der Waals surface area contributed by atoms with Gasteiger partial charge in [0.2, 0.25) is 0 Å². The number of rotatable bonds is 7.